The molecule has 0 bridgehead atoms. The van der Waals surface area contributed by atoms with Crippen LogP contribution in [0.1, 0.15) is 22.3 Å². The summed E-state index contributed by atoms with van der Waals surface area (Å²) < 4.78 is 7.08. The summed E-state index contributed by atoms with van der Waals surface area (Å²) in [6.45, 7) is 0. The first-order valence-electron chi connectivity index (χ1n) is 23.3. The maximum Gasteiger partial charge on any atom is 0.164 e. The molecule has 10 aromatic carbocycles. The molecule has 0 radical (unpaired) electrons. The second-order valence-electron chi connectivity index (χ2n) is 17.5. The number of hydrogen-bond acceptors (Lipinski definition) is 5. The van der Waals surface area contributed by atoms with Gasteiger partial charge in [-0.2, -0.15) is 0 Å². The standard InChI is InChI=1S/C64H42N4O/c1-5-17-43(18-6-1)45-29-34-50(35-30-45)68(51-36-31-46(32-37-51)44-19-7-2-8-20-44)52-38-40-60-58(42-52)64(55-27-15-13-25-53(55)54-26-14-16-28-56(54)64)57-41-49(33-39-59(57)69-60)63-66-61(47-21-9-3-10-22-47)65-62(67-63)48-23-11-4-12-24-48/h1-42H. The van der Waals surface area contributed by atoms with Crippen molar-refractivity contribution in [3.63, 3.8) is 0 Å². The van der Waals surface area contributed by atoms with Gasteiger partial charge in [0, 0.05) is 44.9 Å². The number of fused-ring (bicyclic) bond motifs is 9. The van der Waals surface area contributed by atoms with Gasteiger partial charge < -0.3 is 9.64 Å². The average Bonchev–Trinajstić information content (AvgIpc) is 3.73. The van der Waals surface area contributed by atoms with E-state index in [1.807, 2.05) is 60.7 Å². The lowest BCUT2D eigenvalue weighted by atomic mass is 9.65. The van der Waals surface area contributed by atoms with Crippen LogP contribution in [0.25, 0.3) is 67.5 Å². The molecule has 11 aromatic rings. The zero-order valence-electron chi connectivity index (χ0n) is 37.4. The third-order valence-corrected chi connectivity index (χ3v) is 13.6. The van der Waals surface area contributed by atoms with Gasteiger partial charge >= 0.3 is 0 Å². The minimum atomic E-state index is -0.764. The van der Waals surface area contributed by atoms with Crippen LogP contribution >= 0.6 is 0 Å². The molecule has 5 nitrogen and oxygen atoms in total. The highest BCUT2D eigenvalue weighted by Gasteiger charge is 2.51. The lowest BCUT2D eigenvalue weighted by Crippen LogP contribution is -2.32. The van der Waals surface area contributed by atoms with E-state index >= 15 is 0 Å². The van der Waals surface area contributed by atoms with E-state index in [1.165, 1.54) is 33.4 Å². The Morgan fingerprint density at radius 1 is 0.275 bits per heavy atom. The lowest BCUT2D eigenvalue weighted by Gasteiger charge is -2.40. The van der Waals surface area contributed by atoms with Gasteiger partial charge in [0.1, 0.15) is 11.5 Å². The van der Waals surface area contributed by atoms with Crippen LogP contribution in [0.15, 0.2) is 255 Å². The summed E-state index contributed by atoms with van der Waals surface area (Å²) in [7, 11) is 0. The van der Waals surface area contributed by atoms with Crippen LogP contribution in [0.3, 0.4) is 0 Å². The molecule has 324 valence electrons. The van der Waals surface area contributed by atoms with Gasteiger partial charge in [0.05, 0.1) is 5.41 Å². The molecule has 0 atom stereocenters. The molecule has 0 N–H and O–H groups in total. The molecular weight excluding hydrogens is 841 g/mol. The third-order valence-electron chi connectivity index (χ3n) is 13.6. The Balaban J connectivity index is 1.02. The van der Waals surface area contributed by atoms with Gasteiger partial charge in [-0.05, 0) is 105 Å². The van der Waals surface area contributed by atoms with E-state index < -0.39 is 5.41 Å². The topological polar surface area (TPSA) is 51.1 Å². The van der Waals surface area contributed by atoms with Crippen LogP contribution in [0.2, 0.25) is 0 Å². The minimum absolute atomic E-state index is 0.587. The Hall–Kier alpha value is -9.19. The van der Waals surface area contributed by atoms with Crippen LogP contribution in [-0.2, 0) is 5.41 Å². The van der Waals surface area contributed by atoms with Crippen LogP contribution in [-0.4, -0.2) is 15.0 Å². The lowest BCUT2D eigenvalue weighted by molar-refractivity contribution is 0.436. The highest BCUT2D eigenvalue weighted by Crippen LogP contribution is 2.63. The fraction of sp³-hybridized carbons (Fsp3) is 0.0156. The van der Waals surface area contributed by atoms with Crippen molar-refractivity contribution < 1.29 is 4.74 Å². The van der Waals surface area contributed by atoms with Gasteiger partial charge in [-0.3, -0.25) is 0 Å². The smallest absolute Gasteiger partial charge is 0.164 e. The van der Waals surface area contributed by atoms with Gasteiger partial charge in [0.2, 0.25) is 0 Å². The summed E-state index contributed by atoms with van der Waals surface area (Å²) in [5, 5.41) is 0. The van der Waals surface area contributed by atoms with E-state index in [-0.39, 0.29) is 0 Å². The molecule has 1 aliphatic heterocycles. The molecule has 1 spiro atoms. The summed E-state index contributed by atoms with van der Waals surface area (Å²) >= 11 is 0. The molecule has 1 aliphatic carbocycles. The Morgan fingerprint density at radius 3 is 1.10 bits per heavy atom. The van der Waals surface area contributed by atoms with Crippen molar-refractivity contribution >= 4 is 17.1 Å². The van der Waals surface area contributed by atoms with E-state index in [4.69, 9.17) is 19.7 Å². The van der Waals surface area contributed by atoms with E-state index in [1.54, 1.807) is 0 Å². The average molecular weight is 883 g/mol. The van der Waals surface area contributed by atoms with E-state index in [0.29, 0.717) is 17.5 Å². The van der Waals surface area contributed by atoms with Crippen molar-refractivity contribution in [2.24, 2.45) is 0 Å². The number of aromatic nitrogens is 3. The quantitative estimate of drug-likeness (QED) is 0.152. The van der Waals surface area contributed by atoms with Crippen LogP contribution in [0.5, 0.6) is 11.5 Å². The van der Waals surface area contributed by atoms with Crippen molar-refractivity contribution in [1.29, 1.82) is 0 Å². The van der Waals surface area contributed by atoms with Crippen LogP contribution < -0.4 is 9.64 Å². The van der Waals surface area contributed by atoms with E-state index in [0.717, 1.165) is 67.5 Å². The second-order valence-corrected chi connectivity index (χ2v) is 17.5. The molecule has 69 heavy (non-hydrogen) atoms. The molecular formula is C64H42N4O. The zero-order chi connectivity index (χ0) is 45.7. The summed E-state index contributed by atoms with van der Waals surface area (Å²) in [5.74, 6) is 3.41. The van der Waals surface area contributed by atoms with Gasteiger partial charge in [-0.15, -0.1) is 0 Å². The predicted molar refractivity (Wildman–Crippen MR) is 279 cm³/mol. The van der Waals surface area contributed by atoms with Crippen molar-refractivity contribution in [3.8, 4) is 79.0 Å². The Kier molecular flexibility index (Phi) is 9.65. The van der Waals surface area contributed by atoms with Crippen molar-refractivity contribution in [3.05, 3.63) is 277 Å². The van der Waals surface area contributed by atoms with Crippen molar-refractivity contribution in [1.82, 2.24) is 15.0 Å². The fourth-order valence-electron chi connectivity index (χ4n) is 10.4. The van der Waals surface area contributed by atoms with E-state index in [2.05, 4.69) is 199 Å². The summed E-state index contributed by atoms with van der Waals surface area (Å²) in [6.07, 6.45) is 0. The molecule has 0 unspecified atom stereocenters. The predicted octanol–water partition coefficient (Wildman–Crippen LogP) is 16.1. The summed E-state index contributed by atoms with van der Waals surface area (Å²) in [6, 6.07) is 89.9. The first-order valence-corrected chi connectivity index (χ1v) is 23.3. The molecule has 0 fully saturated rings. The highest BCUT2D eigenvalue weighted by molar-refractivity contribution is 5.90. The minimum Gasteiger partial charge on any atom is -0.457 e. The maximum atomic E-state index is 7.08. The molecule has 2 heterocycles. The summed E-state index contributed by atoms with van der Waals surface area (Å²) in [4.78, 5) is 17.7. The van der Waals surface area contributed by atoms with Crippen molar-refractivity contribution in [2.45, 2.75) is 5.41 Å². The second kappa shape index (κ2) is 16.6. The molecule has 0 saturated heterocycles. The van der Waals surface area contributed by atoms with Crippen molar-refractivity contribution in [2.75, 3.05) is 4.90 Å². The molecule has 0 amide bonds. The number of benzene rings is 10. The number of nitrogens with zero attached hydrogens (tertiary/aromatic N) is 4. The number of anilines is 3. The number of ether oxygens (including phenoxy) is 1. The van der Waals surface area contributed by atoms with Gasteiger partial charge in [-0.25, -0.2) is 15.0 Å². The monoisotopic (exact) mass is 882 g/mol. The van der Waals surface area contributed by atoms with Crippen LogP contribution in [0.4, 0.5) is 17.1 Å². The molecule has 0 saturated carbocycles. The van der Waals surface area contributed by atoms with Gasteiger partial charge in [0.15, 0.2) is 17.5 Å². The first kappa shape index (κ1) is 40.1. The fourth-order valence-corrected chi connectivity index (χ4v) is 10.4. The SMILES string of the molecule is c1ccc(-c2ccc(N(c3ccc(-c4ccccc4)cc3)c3ccc4c(c3)C3(c5cc(-c6nc(-c7ccccc7)nc(-c7ccccc7)n6)ccc5O4)c4ccccc4-c4ccccc43)cc2)cc1. The molecule has 13 rings (SSSR count). The number of rotatable bonds is 8. The van der Waals surface area contributed by atoms with Gasteiger partial charge in [-0.1, -0.05) is 194 Å². The number of hydrogen-bond donors (Lipinski definition) is 0. The molecule has 5 heteroatoms. The Morgan fingerprint density at radius 2 is 0.623 bits per heavy atom. The normalized spacial score (nSPS) is 12.6. The molecule has 1 aromatic heterocycles. The maximum absolute atomic E-state index is 7.08. The third kappa shape index (κ3) is 6.82. The Labute approximate surface area is 401 Å². The summed E-state index contributed by atoms with van der Waals surface area (Å²) in [5.41, 5.74) is 16.6. The zero-order valence-corrected chi connectivity index (χ0v) is 37.4. The Bertz CT molecular complexity index is 3490. The largest absolute Gasteiger partial charge is 0.457 e. The van der Waals surface area contributed by atoms with Crippen LogP contribution in [0, 0.1) is 0 Å². The molecule has 2 aliphatic rings. The van der Waals surface area contributed by atoms with E-state index in [9.17, 15) is 0 Å². The first-order chi connectivity index (χ1) is 34.2. The highest BCUT2D eigenvalue weighted by atomic mass is 16.5. The van der Waals surface area contributed by atoms with Gasteiger partial charge in [0.25, 0.3) is 0 Å².